The van der Waals surface area contributed by atoms with Crippen LogP contribution in [-0.2, 0) is 19.5 Å². The van der Waals surface area contributed by atoms with E-state index in [2.05, 4.69) is 57.8 Å². The number of furan rings is 1. The maximum absolute atomic E-state index is 5.44. The maximum Gasteiger partial charge on any atom is 0.191 e. The Morgan fingerprint density at radius 1 is 1.19 bits per heavy atom. The summed E-state index contributed by atoms with van der Waals surface area (Å²) in [6.07, 6.45) is 6.69. The number of aliphatic imine (C=N–C) groups is 1. The van der Waals surface area contributed by atoms with Crippen LogP contribution in [0.2, 0.25) is 0 Å². The van der Waals surface area contributed by atoms with E-state index in [1.807, 2.05) is 18.3 Å². The molecule has 6 nitrogen and oxygen atoms in total. The second-order valence-electron chi connectivity index (χ2n) is 7.97. The van der Waals surface area contributed by atoms with Gasteiger partial charge >= 0.3 is 0 Å². The molecular formula is C24H31N5OS. The van der Waals surface area contributed by atoms with Gasteiger partial charge in [-0.15, -0.1) is 11.3 Å². The van der Waals surface area contributed by atoms with Gasteiger partial charge in [0.1, 0.15) is 10.8 Å². The molecule has 0 spiro atoms. The van der Waals surface area contributed by atoms with E-state index in [0.717, 1.165) is 62.2 Å². The molecule has 4 rings (SSSR count). The summed E-state index contributed by atoms with van der Waals surface area (Å²) in [5.74, 6) is 1.84. The van der Waals surface area contributed by atoms with E-state index in [0.29, 0.717) is 12.6 Å². The zero-order valence-corrected chi connectivity index (χ0v) is 18.9. The van der Waals surface area contributed by atoms with Gasteiger partial charge in [0.05, 0.1) is 12.8 Å². The third kappa shape index (κ3) is 6.94. The minimum Gasteiger partial charge on any atom is -0.469 e. The van der Waals surface area contributed by atoms with Gasteiger partial charge in [-0.05, 0) is 37.5 Å². The Morgan fingerprint density at radius 2 is 2.03 bits per heavy atom. The molecule has 2 N–H and O–H groups in total. The third-order valence-corrected chi connectivity index (χ3v) is 6.36. The van der Waals surface area contributed by atoms with Crippen LogP contribution in [0.3, 0.4) is 0 Å². The molecule has 1 aliphatic heterocycles. The molecule has 0 unspecified atom stereocenters. The summed E-state index contributed by atoms with van der Waals surface area (Å²) in [4.78, 5) is 13.0. The molecule has 0 aliphatic carbocycles. The number of piperidine rings is 1. The molecule has 3 aromatic rings. The first-order chi connectivity index (χ1) is 15.2. The molecular weight excluding hydrogens is 406 g/mol. The highest BCUT2D eigenvalue weighted by atomic mass is 32.1. The van der Waals surface area contributed by atoms with Crippen LogP contribution in [0.1, 0.15) is 34.1 Å². The first kappa shape index (κ1) is 21.6. The number of aryl methyl sites for hydroxylation is 1. The monoisotopic (exact) mass is 437 g/mol. The summed E-state index contributed by atoms with van der Waals surface area (Å²) in [6, 6.07) is 15.1. The number of guanidine groups is 1. The van der Waals surface area contributed by atoms with Crippen LogP contribution in [0, 0.1) is 6.92 Å². The molecule has 0 radical (unpaired) electrons. The third-order valence-electron chi connectivity index (χ3n) is 5.46. The summed E-state index contributed by atoms with van der Waals surface area (Å²) in [7, 11) is 0. The molecule has 7 heteroatoms. The summed E-state index contributed by atoms with van der Waals surface area (Å²) in [5, 5.41) is 8.18. The number of aromatic nitrogens is 1. The number of hydrogen-bond donors (Lipinski definition) is 2. The Balaban J connectivity index is 1.29. The molecule has 1 aliphatic rings. The Kier molecular flexibility index (Phi) is 7.74. The fourth-order valence-electron chi connectivity index (χ4n) is 3.80. The second-order valence-corrected chi connectivity index (χ2v) is 9.29. The van der Waals surface area contributed by atoms with Crippen molar-refractivity contribution in [3.63, 3.8) is 0 Å². The zero-order chi connectivity index (χ0) is 21.3. The number of nitrogens with zero attached hydrogens (tertiary/aromatic N) is 3. The lowest BCUT2D eigenvalue weighted by Crippen LogP contribution is -2.48. The SMILES string of the molecule is Cc1cnc(CN=C(NCCc2ccco2)NC2CCN(Cc3ccccc3)CC2)s1. The average molecular weight is 438 g/mol. The Hall–Kier alpha value is -2.64. The lowest BCUT2D eigenvalue weighted by Gasteiger charge is -2.33. The van der Waals surface area contributed by atoms with Gasteiger partial charge in [0.15, 0.2) is 5.96 Å². The fraction of sp³-hybridized carbons (Fsp3) is 0.417. The van der Waals surface area contributed by atoms with Gasteiger partial charge in [-0.2, -0.15) is 0 Å². The summed E-state index contributed by atoms with van der Waals surface area (Å²) in [5.41, 5.74) is 1.38. The predicted octanol–water partition coefficient (Wildman–Crippen LogP) is 3.99. The Labute approximate surface area is 188 Å². The standard InChI is InChI=1S/C24H31N5OS/c1-19-16-26-23(31-19)17-27-24(25-12-9-22-8-5-15-30-22)28-21-10-13-29(14-11-21)18-20-6-3-2-4-7-20/h2-8,15-16,21H,9-14,17-18H2,1H3,(H2,25,27,28). The van der Waals surface area contributed by atoms with E-state index in [-0.39, 0.29) is 0 Å². The number of nitrogens with one attached hydrogen (secondary N) is 2. The summed E-state index contributed by atoms with van der Waals surface area (Å²) in [6.45, 7) is 6.68. The summed E-state index contributed by atoms with van der Waals surface area (Å²) < 4.78 is 5.44. The van der Waals surface area contributed by atoms with Crippen LogP contribution in [0.25, 0.3) is 0 Å². The molecule has 0 atom stereocenters. The Bertz CT molecular complexity index is 930. The molecule has 31 heavy (non-hydrogen) atoms. The lowest BCUT2D eigenvalue weighted by atomic mass is 10.0. The van der Waals surface area contributed by atoms with Crippen molar-refractivity contribution >= 4 is 17.3 Å². The molecule has 3 heterocycles. The maximum atomic E-state index is 5.44. The quantitative estimate of drug-likeness (QED) is 0.412. The molecule has 0 bridgehead atoms. The van der Waals surface area contributed by atoms with Gasteiger partial charge in [-0.3, -0.25) is 4.90 Å². The van der Waals surface area contributed by atoms with Crippen molar-refractivity contribution in [2.24, 2.45) is 4.99 Å². The van der Waals surface area contributed by atoms with Gasteiger partial charge in [-0.1, -0.05) is 30.3 Å². The summed E-state index contributed by atoms with van der Waals surface area (Å²) >= 11 is 1.70. The van der Waals surface area contributed by atoms with Crippen molar-refractivity contribution in [2.75, 3.05) is 19.6 Å². The van der Waals surface area contributed by atoms with Crippen LogP contribution in [0.5, 0.6) is 0 Å². The second kappa shape index (κ2) is 11.1. The molecule has 1 fully saturated rings. The van der Waals surface area contributed by atoms with Crippen molar-refractivity contribution in [3.8, 4) is 0 Å². The van der Waals surface area contributed by atoms with Gasteiger partial charge in [0.25, 0.3) is 0 Å². The Morgan fingerprint density at radius 3 is 2.74 bits per heavy atom. The normalized spacial score (nSPS) is 15.8. The fourth-order valence-corrected chi connectivity index (χ4v) is 4.51. The molecule has 1 saturated heterocycles. The number of thiazole rings is 1. The van der Waals surface area contributed by atoms with Gasteiger partial charge < -0.3 is 15.1 Å². The topological polar surface area (TPSA) is 65.7 Å². The molecule has 0 amide bonds. The van der Waals surface area contributed by atoms with E-state index < -0.39 is 0 Å². The van der Waals surface area contributed by atoms with E-state index in [1.165, 1.54) is 10.4 Å². The van der Waals surface area contributed by atoms with Gasteiger partial charge in [0, 0.05) is 49.7 Å². The van der Waals surface area contributed by atoms with Crippen molar-refractivity contribution < 1.29 is 4.42 Å². The highest BCUT2D eigenvalue weighted by Gasteiger charge is 2.20. The number of rotatable bonds is 8. The number of hydrogen-bond acceptors (Lipinski definition) is 5. The molecule has 2 aromatic heterocycles. The zero-order valence-electron chi connectivity index (χ0n) is 18.1. The molecule has 164 valence electrons. The average Bonchev–Trinajstić information content (AvgIpc) is 3.46. The number of benzene rings is 1. The van der Waals surface area contributed by atoms with Crippen molar-refractivity contribution in [1.82, 2.24) is 20.5 Å². The van der Waals surface area contributed by atoms with E-state index in [1.54, 1.807) is 17.6 Å². The van der Waals surface area contributed by atoms with E-state index >= 15 is 0 Å². The van der Waals surface area contributed by atoms with E-state index in [4.69, 9.17) is 9.41 Å². The first-order valence-corrected chi connectivity index (χ1v) is 11.8. The highest BCUT2D eigenvalue weighted by Crippen LogP contribution is 2.15. The van der Waals surface area contributed by atoms with Crippen LogP contribution >= 0.6 is 11.3 Å². The van der Waals surface area contributed by atoms with Gasteiger partial charge in [-0.25, -0.2) is 9.98 Å². The minimum absolute atomic E-state index is 0.430. The van der Waals surface area contributed by atoms with Crippen LogP contribution in [0.4, 0.5) is 0 Å². The smallest absolute Gasteiger partial charge is 0.191 e. The predicted molar refractivity (Wildman–Crippen MR) is 126 cm³/mol. The lowest BCUT2D eigenvalue weighted by molar-refractivity contribution is 0.198. The highest BCUT2D eigenvalue weighted by molar-refractivity contribution is 7.11. The van der Waals surface area contributed by atoms with Gasteiger partial charge in [0.2, 0.25) is 0 Å². The first-order valence-electron chi connectivity index (χ1n) is 11.0. The van der Waals surface area contributed by atoms with Crippen molar-refractivity contribution in [1.29, 1.82) is 0 Å². The largest absolute Gasteiger partial charge is 0.469 e. The molecule has 0 saturated carbocycles. The van der Waals surface area contributed by atoms with E-state index in [9.17, 15) is 0 Å². The van der Waals surface area contributed by atoms with Crippen LogP contribution in [-0.4, -0.2) is 41.5 Å². The van der Waals surface area contributed by atoms with Crippen molar-refractivity contribution in [2.45, 2.75) is 45.3 Å². The van der Waals surface area contributed by atoms with Crippen molar-refractivity contribution in [3.05, 3.63) is 76.1 Å². The number of likely N-dealkylation sites (tertiary alicyclic amines) is 1. The molecule has 1 aromatic carbocycles. The van der Waals surface area contributed by atoms with Crippen LogP contribution in [0.15, 0.2) is 64.3 Å². The minimum atomic E-state index is 0.430. The van der Waals surface area contributed by atoms with Crippen LogP contribution < -0.4 is 10.6 Å².